The Bertz CT molecular complexity index is 1450. The smallest absolute Gasteiger partial charge is 0.201 e. The van der Waals surface area contributed by atoms with Crippen molar-refractivity contribution < 1.29 is 63.6 Å². The number of carbonyl (C=O) groups is 3. The van der Waals surface area contributed by atoms with E-state index in [4.69, 9.17) is 23.7 Å². The molecule has 41 heavy (non-hydrogen) atoms. The van der Waals surface area contributed by atoms with Crippen LogP contribution >= 0.6 is 0 Å². The van der Waals surface area contributed by atoms with E-state index in [0.29, 0.717) is 0 Å². The highest BCUT2D eigenvalue weighted by Gasteiger charge is 2.56. The number of rotatable bonds is 5. The minimum atomic E-state index is -2.25. The topological polar surface area (TPSA) is 199 Å². The second kappa shape index (κ2) is 10.1. The van der Waals surface area contributed by atoms with Gasteiger partial charge in [-0.1, -0.05) is 0 Å². The van der Waals surface area contributed by atoms with E-state index < -0.39 is 82.9 Å². The van der Waals surface area contributed by atoms with Gasteiger partial charge in [0, 0.05) is 42.5 Å². The summed E-state index contributed by atoms with van der Waals surface area (Å²) in [7, 11) is 3.75. The van der Waals surface area contributed by atoms with Crippen LogP contribution in [0.25, 0.3) is 0 Å². The Balaban J connectivity index is 1.71. The fourth-order valence-corrected chi connectivity index (χ4v) is 5.82. The number of aromatic hydroxyl groups is 2. The van der Waals surface area contributed by atoms with E-state index in [1.54, 1.807) is 0 Å². The van der Waals surface area contributed by atoms with Gasteiger partial charge in [-0.25, -0.2) is 0 Å². The monoisotopic (exact) mass is 574 g/mol. The molecule has 0 spiro atoms. The van der Waals surface area contributed by atoms with Crippen molar-refractivity contribution in [3.8, 4) is 17.2 Å². The Morgan fingerprint density at radius 3 is 2.15 bits per heavy atom. The summed E-state index contributed by atoms with van der Waals surface area (Å²) in [5, 5.41) is 54.2. The summed E-state index contributed by atoms with van der Waals surface area (Å²) in [5.74, 6) is -3.85. The summed E-state index contributed by atoms with van der Waals surface area (Å²) in [6, 6.07) is 3.48. The first kappa shape index (κ1) is 29.1. The van der Waals surface area contributed by atoms with Crippen LogP contribution in [0.5, 0.6) is 17.2 Å². The Hall–Kier alpha value is -3.43. The first-order valence-corrected chi connectivity index (χ1v) is 12.7. The molecule has 2 aliphatic carbocycles. The van der Waals surface area contributed by atoms with Gasteiger partial charge in [-0.15, -0.1) is 0 Å². The molecule has 0 bridgehead atoms. The lowest BCUT2D eigenvalue weighted by atomic mass is 9.72. The average molecular weight is 575 g/mol. The maximum Gasteiger partial charge on any atom is 0.201 e. The van der Waals surface area contributed by atoms with E-state index in [2.05, 4.69) is 0 Å². The molecule has 1 fully saturated rings. The molecule has 0 amide bonds. The number of Topliss-reactive ketones (excluding diaryl/α,β-unsaturated/α-hetero) is 1. The maximum absolute atomic E-state index is 13.6. The predicted molar refractivity (Wildman–Crippen MR) is 136 cm³/mol. The van der Waals surface area contributed by atoms with Crippen LogP contribution in [-0.2, 0) is 18.9 Å². The molecule has 13 heteroatoms. The fraction of sp³-hybridized carbons (Fsp3) is 0.464. The van der Waals surface area contributed by atoms with E-state index in [1.165, 1.54) is 41.2 Å². The molecule has 5 rings (SSSR count). The summed E-state index contributed by atoms with van der Waals surface area (Å²) in [5.41, 5.74) is -4.24. The third kappa shape index (κ3) is 4.15. The maximum atomic E-state index is 13.6. The van der Waals surface area contributed by atoms with Crippen LogP contribution in [0, 0.1) is 0 Å². The van der Waals surface area contributed by atoms with Crippen LogP contribution in [0.1, 0.15) is 67.7 Å². The number of phenols is 2. The Morgan fingerprint density at radius 1 is 0.878 bits per heavy atom. The number of ether oxygens (including phenoxy) is 5. The van der Waals surface area contributed by atoms with Gasteiger partial charge in [-0.3, -0.25) is 14.4 Å². The first-order chi connectivity index (χ1) is 19.3. The highest BCUT2D eigenvalue weighted by atomic mass is 16.7. The number of methoxy groups -OCH3 is 3. The highest BCUT2D eigenvalue weighted by molar-refractivity contribution is 6.31. The zero-order chi connectivity index (χ0) is 30.1. The van der Waals surface area contributed by atoms with Crippen molar-refractivity contribution in [1.29, 1.82) is 0 Å². The third-order valence-corrected chi connectivity index (χ3v) is 8.02. The lowest BCUT2D eigenvalue weighted by Crippen LogP contribution is -2.60. The number of phenolic OH excluding ortho intramolecular Hbond substituents is 2. The van der Waals surface area contributed by atoms with Gasteiger partial charge in [0.05, 0.1) is 24.3 Å². The summed E-state index contributed by atoms with van der Waals surface area (Å²) < 4.78 is 27.7. The molecule has 3 aliphatic rings. The van der Waals surface area contributed by atoms with Crippen molar-refractivity contribution >= 4 is 17.3 Å². The SMILES string of the molecule is COc1cc(O)c2c(c1)C(=O)c1cc3c(c(O)c1C2=O)[C@@H](O[C@@H]1O[C@H](C)[C@@H](O)[C@H](O)[C@@H]1OC)[C@@H](OC)[C@](C)(O)C3=O. The summed E-state index contributed by atoms with van der Waals surface area (Å²) in [4.78, 5) is 40.7. The van der Waals surface area contributed by atoms with Gasteiger partial charge >= 0.3 is 0 Å². The van der Waals surface area contributed by atoms with Gasteiger partial charge in [0.2, 0.25) is 5.78 Å². The van der Waals surface area contributed by atoms with Crippen molar-refractivity contribution in [2.24, 2.45) is 0 Å². The van der Waals surface area contributed by atoms with Crippen molar-refractivity contribution in [3.63, 3.8) is 0 Å². The molecule has 2 aromatic carbocycles. The van der Waals surface area contributed by atoms with Crippen LogP contribution in [0.3, 0.4) is 0 Å². The van der Waals surface area contributed by atoms with Gasteiger partial charge in [0.15, 0.2) is 23.5 Å². The zero-order valence-corrected chi connectivity index (χ0v) is 22.8. The Kier molecular flexibility index (Phi) is 7.19. The van der Waals surface area contributed by atoms with Gasteiger partial charge in [0.1, 0.15) is 47.8 Å². The van der Waals surface area contributed by atoms with Gasteiger partial charge < -0.3 is 49.2 Å². The number of aliphatic hydroxyl groups excluding tert-OH is 2. The number of aliphatic hydroxyl groups is 3. The van der Waals surface area contributed by atoms with Crippen molar-refractivity contribution in [2.45, 2.75) is 62.4 Å². The lowest BCUT2D eigenvalue weighted by molar-refractivity contribution is -0.321. The molecule has 220 valence electrons. The minimum Gasteiger partial charge on any atom is -0.507 e. The number of ketones is 3. The molecule has 8 atom stereocenters. The molecular formula is C28H30O13. The lowest BCUT2D eigenvalue weighted by Gasteiger charge is -2.46. The van der Waals surface area contributed by atoms with E-state index in [9.17, 15) is 39.9 Å². The zero-order valence-electron chi connectivity index (χ0n) is 22.8. The van der Waals surface area contributed by atoms with E-state index in [-0.39, 0.29) is 33.6 Å². The van der Waals surface area contributed by atoms with Crippen molar-refractivity contribution in [2.75, 3.05) is 21.3 Å². The minimum absolute atomic E-state index is 0.102. The van der Waals surface area contributed by atoms with Gasteiger partial charge in [-0.2, -0.15) is 0 Å². The second-order valence-corrected chi connectivity index (χ2v) is 10.4. The van der Waals surface area contributed by atoms with Crippen LogP contribution in [0.2, 0.25) is 0 Å². The molecule has 0 saturated carbocycles. The Labute approximate surface area is 233 Å². The van der Waals surface area contributed by atoms with Gasteiger partial charge in [0.25, 0.3) is 0 Å². The summed E-state index contributed by atoms with van der Waals surface area (Å²) in [6.07, 6.45) is -9.35. The third-order valence-electron chi connectivity index (χ3n) is 8.02. The van der Waals surface area contributed by atoms with Crippen LogP contribution in [0.4, 0.5) is 0 Å². The number of fused-ring (bicyclic) bond motifs is 3. The summed E-state index contributed by atoms with van der Waals surface area (Å²) >= 11 is 0. The van der Waals surface area contributed by atoms with Crippen molar-refractivity contribution in [1.82, 2.24) is 0 Å². The Morgan fingerprint density at radius 2 is 1.54 bits per heavy atom. The molecule has 13 nitrogen and oxygen atoms in total. The number of benzene rings is 2. The molecule has 0 aromatic heterocycles. The van der Waals surface area contributed by atoms with Gasteiger partial charge in [-0.05, 0) is 26.0 Å². The van der Waals surface area contributed by atoms with E-state index in [1.807, 2.05) is 0 Å². The van der Waals surface area contributed by atoms with Crippen LogP contribution in [-0.4, -0.2) is 107 Å². The number of hydrogen-bond acceptors (Lipinski definition) is 13. The average Bonchev–Trinajstić information content (AvgIpc) is 2.92. The quantitative estimate of drug-likeness (QED) is 0.281. The molecule has 2 aromatic rings. The first-order valence-electron chi connectivity index (χ1n) is 12.7. The van der Waals surface area contributed by atoms with E-state index >= 15 is 0 Å². The summed E-state index contributed by atoms with van der Waals surface area (Å²) in [6.45, 7) is 2.65. The number of hydrogen-bond donors (Lipinski definition) is 5. The normalized spacial score (nSPS) is 32.8. The molecule has 1 heterocycles. The second-order valence-electron chi connectivity index (χ2n) is 10.4. The van der Waals surface area contributed by atoms with Crippen LogP contribution in [0.15, 0.2) is 18.2 Å². The number of carbonyl (C=O) groups excluding carboxylic acids is 3. The fourth-order valence-electron chi connectivity index (χ4n) is 5.82. The van der Waals surface area contributed by atoms with Crippen molar-refractivity contribution in [3.05, 3.63) is 51.6 Å². The standard InChI is InChI=1S/C28H30O13/c1-9-18(30)22(34)24(38-4)27(40-9)41-23-17-13(25(35)28(2,36)26(23)39-5)8-12-16(21(17)33)20(32)15-11(19(12)31)6-10(37-3)7-14(15)29/h6-9,18,22-24,26-27,29-30,33-34,36H,1-5H3/t9-,18-,22+,23-,24+,26-,27+,28-/m1/s1. The molecule has 1 saturated heterocycles. The highest BCUT2D eigenvalue weighted by Crippen LogP contribution is 2.49. The molecular weight excluding hydrogens is 544 g/mol. The predicted octanol–water partition coefficient (Wildman–Crippen LogP) is 0.383. The van der Waals surface area contributed by atoms with Crippen LogP contribution < -0.4 is 4.74 Å². The molecule has 5 N–H and O–H groups in total. The van der Waals surface area contributed by atoms with E-state index in [0.717, 1.165) is 12.1 Å². The molecule has 0 unspecified atom stereocenters. The molecule has 1 aliphatic heterocycles. The largest absolute Gasteiger partial charge is 0.507 e. The molecule has 0 radical (unpaired) electrons.